The van der Waals surface area contributed by atoms with Crippen molar-refractivity contribution in [1.82, 2.24) is 24.8 Å². The lowest BCUT2D eigenvalue weighted by Crippen LogP contribution is -2.27. The van der Waals surface area contributed by atoms with E-state index in [-0.39, 0.29) is 11.8 Å². The number of benzene rings is 1. The quantitative estimate of drug-likeness (QED) is 0.452. The predicted molar refractivity (Wildman–Crippen MR) is 114 cm³/mol. The van der Waals surface area contributed by atoms with Crippen LogP contribution in [0.25, 0.3) is 11.0 Å². The smallest absolute Gasteiger partial charge is 0.220 e. The molecule has 0 spiro atoms. The summed E-state index contributed by atoms with van der Waals surface area (Å²) in [5.41, 5.74) is 4.28. The number of H-pyrrole nitrogens is 1. The van der Waals surface area contributed by atoms with Gasteiger partial charge in [0.05, 0.1) is 6.33 Å². The van der Waals surface area contributed by atoms with Crippen molar-refractivity contribution in [2.75, 3.05) is 6.54 Å². The Balaban J connectivity index is 1.49. The van der Waals surface area contributed by atoms with Crippen molar-refractivity contribution >= 4 is 16.9 Å². The zero-order chi connectivity index (χ0) is 20.1. The van der Waals surface area contributed by atoms with E-state index < -0.39 is 0 Å². The van der Waals surface area contributed by atoms with E-state index in [4.69, 9.17) is 0 Å². The summed E-state index contributed by atoms with van der Waals surface area (Å²) in [6, 6.07) is 12.4. The molecular weight excluding hydrogens is 362 g/mol. The monoisotopic (exact) mass is 387 g/mol. The molecular formula is C23H25N5O. The Labute approximate surface area is 170 Å². The van der Waals surface area contributed by atoms with Gasteiger partial charge in [0.1, 0.15) is 5.65 Å². The molecule has 0 aliphatic carbocycles. The van der Waals surface area contributed by atoms with E-state index >= 15 is 0 Å². The first kappa shape index (κ1) is 18.9. The number of aromatic nitrogens is 4. The number of carbonyl (C=O) groups excluding carboxylic acids is 1. The van der Waals surface area contributed by atoms with Crippen LogP contribution < -0.4 is 5.32 Å². The lowest BCUT2D eigenvalue weighted by atomic mass is 9.87. The highest BCUT2D eigenvalue weighted by molar-refractivity contribution is 5.83. The first-order valence-corrected chi connectivity index (χ1v) is 9.92. The van der Waals surface area contributed by atoms with Gasteiger partial charge in [0.25, 0.3) is 0 Å². The third-order valence-electron chi connectivity index (χ3n) is 5.17. The zero-order valence-corrected chi connectivity index (χ0v) is 16.5. The number of hydrogen-bond donors (Lipinski definition) is 2. The van der Waals surface area contributed by atoms with E-state index in [1.807, 2.05) is 29.1 Å². The molecule has 148 valence electrons. The first-order chi connectivity index (χ1) is 14.2. The van der Waals surface area contributed by atoms with Crippen molar-refractivity contribution in [3.8, 4) is 0 Å². The Bertz CT molecular complexity index is 1080. The Kier molecular flexibility index (Phi) is 5.70. The maximum absolute atomic E-state index is 12.7. The first-order valence-electron chi connectivity index (χ1n) is 9.92. The van der Waals surface area contributed by atoms with Crippen molar-refractivity contribution < 1.29 is 4.79 Å². The van der Waals surface area contributed by atoms with Gasteiger partial charge >= 0.3 is 0 Å². The number of imidazole rings is 1. The van der Waals surface area contributed by atoms with Gasteiger partial charge in [-0.2, -0.15) is 0 Å². The Morgan fingerprint density at radius 1 is 1.24 bits per heavy atom. The Morgan fingerprint density at radius 3 is 3.00 bits per heavy atom. The largest absolute Gasteiger partial charge is 0.356 e. The number of amides is 1. The number of aromatic amines is 1. The fourth-order valence-corrected chi connectivity index (χ4v) is 3.73. The van der Waals surface area contributed by atoms with Crippen LogP contribution in [0.1, 0.15) is 35.4 Å². The standard InChI is InChI=1S/C23H25N5O/c1-17-5-2-6-18(13-17)20(21-15-27-23-19(21)7-3-8-26-23)14-22(29)25-9-4-11-28-12-10-24-16-28/h2-3,5-8,10,12-13,15-16,20H,4,9,11,14H2,1H3,(H,25,29)(H,26,27). The maximum atomic E-state index is 12.7. The molecule has 6 nitrogen and oxygen atoms in total. The van der Waals surface area contributed by atoms with Crippen LogP contribution >= 0.6 is 0 Å². The van der Waals surface area contributed by atoms with E-state index in [9.17, 15) is 4.79 Å². The highest BCUT2D eigenvalue weighted by Gasteiger charge is 2.21. The molecule has 4 aromatic rings. The van der Waals surface area contributed by atoms with Crippen molar-refractivity contribution in [2.24, 2.45) is 0 Å². The summed E-state index contributed by atoms with van der Waals surface area (Å²) >= 11 is 0. The summed E-state index contributed by atoms with van der Waals surface area (Å²) < 4.78 is 2.01. The van der Waals surface area contributed by atoms with Crippen LogP contribution in [0.2, 0.25) is 0 Å². The Hall–Kier alpha value is -3.41. The van der Waals surface area contributed by atoms with E-state index in [0.29, 0.717) is 13.0 Å². The highest BCUT2D eigenvalue weighted by atomic mass is 16.1. The van der Waals surface area contributed by atoms with Gasteiger partial charge in [-0.3, -0.25) is 4.79 Å². The lowest BCUT2D eigenvalue weighted by molar-refractivity contribution is -0.121. The number of rotatable bonds is 8. The molecule has 2 N–H and O–H groups in total. The Morgan fingerprint density at radius 2 is 2.17 bits per heavy atom. The van der Waals surface area contributed by atoms with Crippen LogP contribution in [-0.4, -0.2) is 32.0 Å². The van der Waals surface area contributed by atoms with Gasteiger partial charge in [-0.25, -0.2) is 9.97 Å². The molecule has 0 aliphatic rings. The summed E-state index contributed by atoms with van der Waals surface area (Å²) in [4.78, 5) is 24.4. The number of nitrogens with one attached hydrogen (secondary N) is 2. The number of hydrogen-bond acceptors (Lipinski definition) is 3. The van der Waals surface area contributed by atoms with Gasteiger partial charge in [-0.1, -0.05) is 29.8 Å². The number of carbonyl (C=O) groups is 1. The second kappa shape index (κ2) is 8.73. The van der Waals surface area contributed by atoms with E-state index in [1.165, 1.54) is 5.56 Å². The molecule has 1 atom stereocenters. The summed E-state index contributed by atoms with van der Waals surface area (Å²) in [5, 5.41) is 4.13. The molecule has 1 aromatic carbocycles. The second-order valence-electron chi connectivity index (χ2n) is 7.32. The second-order valence-corrected chi connectivity index (χ2v) is 7.32. The van der Waals surface area contributed by atoms with E-state index in [2.05, 4.69) is 51.5 Å². The average Bonchev–Trinajstić information content (AvgIpc) is 3.39. The molecule has 29 heavy (non-hydrogen) atoms. The zero-order valence-electron chi connectivity index (χ0n) is 16.5. The fourth-order valence-electron chi connectivity index (χ4n) is 3.73. The van der Waals surface area contributed by atoms with Crippen LogP contribution in [0.4, 0.5) is 0 Å². The van der Waals surface area contributed by atoms with E-state index in [0.717, 1.165) is 35.1 Å². The minimum atomic E-state index is -0.0264. The van der Waals surface area contributed by atoms with Crippen molar-refractivity contribution in [3.05, 3.63) is 84.2 Å². The van der Waals surface area contributed by atoms with Gasteiger partial charge in [-0.15, -0.1) is 0 Å². The number of fused-ring (bicyclic) bond motifs is 1. The third kappa shape index (κ3) is 4.54. The number of aryl methyl sites for hydroxylation is 2. The van der Waals surface area contributed by atoms with Gasteiger partial charge in [0.15, 0.2) is 0 Å². The topological polar surface area (TPSA) is 75.6 Å². The number of pyridine rings is 1. The summed E-state index contributed by atoms with van der Waals surface area (Å²) in [5.74, 6) is 0.0295. The van der Waals surface area contributed by atoms with Gasteiger partial charge < -0.3 is 14.9 Å². The highest BCUT2D eigenvalue weighted by Crippen LogP contribution is 2.33. The minimum Gasteiger partial charge on any atom is -0.356 e. The van der Waals surface area contributed by atoms with Crippen LogP contribution in [0.15, 0.2) is 67.5 Å². The van der Waals surface area contributed by atoms with Crippen LogP contribution in [0.5, 0.6) is 0 Å². The van der Waals surface area contributed by atoms with E-state index in [1.54, 1.807) is 18.7 Å². The SMILES string of the molecule is Cc1cccc(C(CC(=O)NCCCn2ccnc2)c2c[nH]c3ncccc23)c1. The fraction of sp³-hybridized carbons (Fsp3) is 0.261. The van der Waals surface area contributed by atoms with Crippen LogP contribution in [0, 0.1) is 6.92 Å². The van der Waals surface area contributed by atoms with Crippen LogP contribution in [0.3, 0.4) is 0 Å². The molecule has 1 unspecified atom stereocenters. The molecule has 0 fully saturated rings. The summed E-state index contributed by atoms with van der Waals surface area (Å²) in [7, 11) is 0. The van der Waals surface area contributed by atoms with Gasteiger partial charge in [-0.05, 0) is 36.6 Å². The summed E-state index contributed by atoms with van der Waals surface area (Å²) in [6.07, 6.45) is 10.5. The van der Waals surface area contributed by atoms with Gasteiger partial charge in [0.2, 0.25) is 5.91 Å². The lowest BCUT2D eigenvalue weighted by Gasteiger charge is -2.18. The molecule has 0 radical (unpaired) electrons. The average molecular weight is 387 g/mol. The molecule has 0 saturated carbocycles. The molecule has 4 rings (SSSR count). The predicted octanol–water partition coefficient (Wildman–Crippen LogP) is 3.80. The number of nitrogens with zero attached hydrogens (tertiary/aromatic N) is 3. The molecule has 0 aliphatic heterocycles. The summed E-state index contributed by atoms with van der Waals surface area (Å²) in [6.45, 7) is 3.57. The molecule has 0 saturated heterocycles. The normalized spacial score (nSPS) is 12.2. The van der Waals surface area contributed by atoms with Crippen molar-refractivity contribution in [1.29, 1.82) is 0 Å². The van der Waals surface area contributed by atoms with Crippen LogP contribution in [-0.2, 0) is 11.3 Å². The van der Waals surface area contributed by atoms with Crippen molar-refractivity contribution in [3.63, 3.8) is 0 Å². The molecule has 6 heteroatoms. The third-order valence-corrected chi connectivity index (χ3v) is 5.17. The maximum Gasteiger partial charge on any atom is 0.220 e. The minimum absolute atomic E-state index is 0.0264. The molecule has 3 heterocycles. The molecule has 1 amide bonds. The molecule has 3 aromatic heterocycles. The molecule has 0 bridgehead atoms. The van der Waals surface area contributed by atoms with Gasteiger partial charge in [0, 0.05) is 55.6 Å². The van der Waals surface area contributed by atoms with Crippen molar-refractivity contribution in [2.45, 2.75) is 32.2 Å².